The molecule has 0 saturated carbocycles. The lowest BCUT2D eigenvalue weighted by atomic mass is 10.2. The highest BCUT2D eigenvalue weighted by atomic mass is 19.1. The van der Waals surface area contributed by atoms with E-state index < -0.39 is 0 Å². The van der Waals surface area contributed by atoms with Gasteiger partial charge < -0.3 is 9.15 Å². The molecule has 0 unspecified atom stereocenters. The molecule has 0 aliphatic carbocycles. The van der Waals surface area contributed by atoms with Crippen molar-refractivity contribution in [3.63, 3.8) is 0 Å². The molecular formula is C18H17FN2O2. The Balaban J connectivity index is 1.63. The predicted octanol–water partition coefficient (Wildman–Crippen LogP) is 4.41. The average Bonchev–Trinajstić information content (AvgIpc) is 3.04. The molecule has 0 aliphatic heterocycles. The molecule has 0 amide bonds. The van der Waals surface area contributed by atoms with E-state index in [9.17, 15) is 4.39 Å². The number of nitrogens with zero attached hydrogens (tertiary/aromatic N) is 2. The minimum Gasteiger partial charge on any atom is -0.489 e. The zero-order valence-electron chi connectivity index (χ0n) is 12.8. The summed E-state index contributed by atoms with van der Waals surface area (Å²) in [4.78, 5) is 0. The number of halogens is 1. The summed E-state index contributed by atoms with van der Waals surface area (Å²) in [5, 5.41) is 8.05. The fourth-order valence-corrected chi connectivity index (χ4v) is 2.13. The second kappa shape index (κ2) is 7.05. The number of hydrogen-bond acceptors (Lipinski definition) is 4. The van der Waals surface area contributed by atoms with Gasteiger partial charge in [0.25, 0.3) is 0 Å². The molecule has 0 saturated heterocycles. The maximum Gasteiger partial charge on any atom is 0.247 e. The molecule has 3 aromatic rings. The van der Waals surface area contributed by atoms with Crippen molar-refractivity contribution in [2.75, 3.05) is 0 Å². The summed E-state index contributed by atoms with van der Waals surface area (Å²) < 4.78 is 24.1. The van der Waals surface area contributed by atoms with Crippen LogP contribution in [0.3, 0.4) is 0 Å². The van der Waals surface area contributed by atoms with Crippen molar-refractivity contribution in [1.29, 1.82) is 0 Å². The van der Waals surface area contributed by atoms with Crippen LogP contribution in [0.25, 0.3) is 11.5 Å². The molecule has 118 valence electrons. The van der Waals surface area contributed by atoms with E-state index in [0.29, 0.717) is 18.4 Å². The van der Waals surface area contributed by atoms with E-state index in [-0.39, 0.29) is 5.82 Å². The molecule has 0 radical (unpaired) electrons. The average molecular weight is 312 g/mol. The highest BCUT2D eigenvalue weighted by molar-refractivity contribution is 5.53. The van der Waals surface area contributed by atoms with Gasteiger partial charge in [-0.15, -0.1) is 10.2 Å². The summed E-state index contributed by atoms with van der Waals surface area (Å²) in [6.45, 7) is 2.46. The molecule has 5 heteroatoms. The topological polar surface area (TPSA) is 48.2 Å². The van der Waals surface area contributed by atoms with Gasteiger partial charge in [-0.2, -0.15) is 0 Å². The van der Waals surface area contributed by atoms with E-state index in [4.69, 9.17) is 9.15 Å². The van der Waals surface area contributed by atoms with E-state index in [0.717, 1.165) is 29.7 Å². The van der Waals surface area contributed by atoms with Crippen molar-refractivity contribution < 1.29 is 13.5 Å². The molecule has 0 bridgehead atoms. The molecule has 0 N–H and O–H groups in total. The minimum atomic E-state index is -0.250. The van der Waals surface area contributed by atoms with Gasteiger partial charge in [0.05, 0.1) is 0 Å². The third kappa shape index (κ3) is 3.94. The van der Waals surface area contributed by atoms with Crippen LogP contribution < -0.4 is 4.74 Å². The second-order valence-electron chi connectivity index (χ2n) is 5.19. The van der Waals surface area contributed by atoms with Crippen molar-refractivity contribution in [3.8, 4) is 17.2 Å². The minimum absolute atomic E-state index is 0.250. The zero-order valence-corrected chi connectivity index (χ0v) is 12.8. The van der Waals surface area contributed by atoms with Crippen molar-refractivity contribution in [1.82, 2.24) is 10.2 Å². The van der Waals surface area contributed by atoms with Gasteiger partial charge in [0.15, 0.2) is 0 Å². The van der Waals surface area contributed by atoms with Crippen LogP contribution in [0.2, 0.25) is 0 Å². The Morgan fingerprint density at radius 2 is 1.74 bits per heavy atom. The van der Waals surface area contributed by atoms with Crippen molar-refractivity contribution >= 4 is 0 Å². The maximum absolute atomic E-state index is 12.8. The largest absolute Gasteiger partial charge is 0.489 e. The third-order valence-electron chi connectivity index (χ3n) is 3.35. The number of ether oxygens (including phenoxy) is 1. The van der Waals surface area contributed by atoms with Gasteiger partial charge in [-0.05, 0) is 48.4 Å². The van der Waals surface area contributed by atoms with Gasteiger partial charge in [-0.3, -0.25) is 0 Å². The number of aryl methyl sites for hydroxylation is 1. The number of hydrogen-bond donors (Lipinski definition) is 0. The van der Waals surface area contributed by atoms with Crippen LogP contribution in [-0.4, -0.2) is 10.2 Å². The predicted molar refractivity (Wildman–Crippen MR) is 84.5 cm³/mol. The van der Waals surface area contributed by atoms with Crippen molar-refractivity contribution in [2.24, 2.45) is 0 Å². The van der Waals surface area contributed by atoms with Crippen LogP contribution in [0.5, 0.6) is 5.75 Å². The summed E-state index contributed by atoms with van der Waals surface area (Å²) in [5.41, 5.74) is 1.77. The Bertz CT molecular complexity index is 751. The molecule has 0 fully saturated rings. The monoisotopic (exact) mass is 312 g/mol. The van der Waals surface area contributed by atoms with Crippen LogP contribution in [0.4, 0.5) is 4.39 Å². The van der Waals surface area contributed by atoms with Crippen LogP contribution in [0.1, 0.15) is 24.8 Å². The van der Waals surface area contributed by atoms with Crippen LogP contribution in [0, 0.1) is 5.82 Å². The first-order valence-electron chi connectivity index (χ1n) is 7.54. The van der Waals surface area contributed by atoms with Crippen molar-refractivity contribution in [2.45, 2.75) is 26.4 Å². The molecule has 2 aromatic carbocycles. The van der Waals surface area contributed by atoms with E-state index in [1.165, 1.54) is 12.1 Å². The summed E-state index contributed by atoms with van der Waals surface area (Å²) in [7, 11) is 0. The first-order chi connectivity index (χ1) is 11.2. The Morgan fingerprint density at radius 3 is 2.43 bits per heavy atom. The summed E-state index contributed by atoms with van der Waals surface area (Å²) in [6.07, 6.45) is 1.75. The third-order valence-corrected chi connectivity index (χ3v) is 3.35. The normalized spacial score (nSPS) is 10.7. The van der Waals surface area contributed by atoms with Crippen LogP contribution in [0.15, 0.2) is 52.9 Å². The fraction of sp³-hybridized carbons (Fsp3) is 0.222. The molecule has 23 heavy (non-hydrogen) atoms. The fourth-order valence-electron chi connectivity index (χ4n) is 2.13. The molecule has 4 nitrogen and oxygen atoms in total. The first-order valence-corrected chi connectivity index (χ1v) is 7.54. The molecule has 3 rings (SSSR count). The highest BCUT2D eigenvalue weighted by Gasteiger charge is 2.08. The zero-order chi connectivity index (χ0) is 16.1. The van der Waals surface area contributed by atoms with Gasteiger partial charge in [0.1, 0.15) is 18.2 Å². The molecule has 1 heterocycles. The lowest BCUT2D eigenvalue weighted by Crippen LogP contribution is -1.95. The molecule has 1 aromatic heterocycles. The van der Waals surface area contributed by atoms with Gasteiger partial charge in [0.2, 0.25) is 11.8 Å². The molecule has 0 spiro atoms. The maximum atomic E-state index is 12.8. The summed E-state index contributed by atoms with van der Waals surface area (Å²) >= 11 is 0. The lowest BCUT2D eigenvalue weighted by molar-refractivity contribution is 0.306. The lowest BCUT2D eigenvalue weighted by Gasteiger charge is -2.06. The van der Waals surface area contributed by atoms with Gasteiger partial charge >= 0.3 is 0 Å². The van der Waals surface area contributed by atoms with E-state index >= 15 is 0 Å². The quantitative estimate of drug-likeness (QED) is 0.676. The van der Waals surface area contributed by atoms with Gasteiger partial charge in [0, 0.05) is 12.0 Å². The van der Waals surface area contributed by atoms with Gasteiger partial charge in [-0.25, -0.2) is 4.39 Å². The van der Waals surface area contributed by atoms with Crippen LogP contribution >= 0.6 is 0 Å². The second-order valence-corrected chi connectivity index (χ2v) is 5.19. The number of aromatic nitrogens is 2. The van der Waals surface area contributed by atoms with E-state index in [1.54, 1.807) is 12.1 Å². The smallest absolute Gasteiger partial charge is 0.247 e. The molecule has 0 aliphatic rings. The standard InChI is InChI=1S/C18H17FN2O2/c1-2-3-17-20-21-18(23-17)14-6-10-16(11-7-14)22-12-13-4-8-15(19)9-5-13/h4-11H,2-3,12H2,1H3. The Labute approximate surface area is 133 Å². The van der Waals surface area contributed by atoms with E-state index in [1.807, 2.05) is 24.3 Å². The Kier molecular flexibility index (Phi) is 4.66. The molecule has 0 atom stereocenters. The Morgan fingerprint density at radius 1 is 1.00 bits per heavy atom. The first kappa shape index (κ1) is 15.2. The SMILES string of the molecule is CCCc1nnc(-c2ccc(OCc3ccc(F)cc3)cc2)o1. The summed E-state index contributed by atoms with van der Waals surface area (Å²) in [5.74, 6) is 1.64. The summed E-state index contributed by atoms with van der Waals surface area (Å²) in [6, 6.07) is 13.7. The van der Waals surface area contributed by atoms with Gasteiger partial charge in [-0.1, -0.05) is 19.1 Å². The molecular weight excluding hydrogens is 295 g/mol. The van der Waals surface area contributed by atoms with Crippen molar-refractivity contribution in [3.05, 3.63) is 65.8 Å². The van der Waals surface area contributed by atoms with E-state index in [2.05, 4.69) is 17.1 Å². The van der Waals surface area contributed by atoms with Crippen LogP contribution in [-0.2, 0) is 13.0 Å². The Hall–Kier alpha value is -2.69. The number of benzene rings is 2. The number of rotatable bonds is 6. The highest BCUT2D eigenvalue weighted by Crippen LogP contribution is 2.22.